The quantitative estimate of drug-likeness (QED) is 0.189. The Balaban J connectivity index is 1.72. The van der Waals surface area contributed by atoms with Crippen molar-refractivity contribution in [1.82, 2.24) is 9.38 Å². The lowest BCUT2D eigenvalue weighted by Gasteiger charge is -2.11. The number of pyridine rings is 1. The molecule has 0 bridgehead atoms. The normalized spacial score (nSPS) is 12.4. The highest BCUT2D eigenvalue weighted by Crippen LogP contribution is 2.39. The van der Waals surface area contributed by atoms with Crippen LogP contribution in [0.1, 0.15) is 0 Å². The van der Waals surface area contributed by atoms with Gasteiger partial charge in [0.15, 0.2) is 0 Å². The topological polar surface area (TPSA) is 30.4 Å². The average molecular weight is 408 g/mol. The molecule has 0 atom stereocenters. The Hall–Kier alpha value is -4.37. The van der Waals surface area contributed by atoms with Gasteiger partial charge in [-0.3, -0.25) is 4.40 Å². The van der Waals surface area contributed by atoms with Crippen LogP contribution in [0.15, 0.2) is 101 Å². The molecule has 8 rings (SSSR count). The standard InChI is InChI=1S/C29H16N2O/c1-2-8-18-14-23-20(13-17(18)7-1)21-15-22-19-9-3-6-12-27(19)32-28(22)16-26(21)31-25-11-5-4-10-24(25)30-29(23)31/h1-16H. The summed E-state index contributed by atoms with van der Waals surface area (Å²) in [7, 11) is 0. The third-order valence-corrected chi connectivity index (χ3v) is 6.71. The largest absolute Gasteiger partial charge is 0.456 e. The van der Waals surface area contributed by atoms with Crippen LogP contribution in [0.3, 0.4) is 0 Å². The first-order chi connectivity index (χ1) is 15.8. The van der Waals surface area contributed by atoms with Gasteiger partial charge in [-0.1, -0.05) is 54.6 Å². The van der Waals surface area contributed by atoms with E-state index in [4.69, 9.17) is 9.40 Å². The number of furan rings is 1. The lowest BCUT2D eigenvalue weighted by atomic mass is 9.99. The second-order valence-electron chi connectivity index (χ2n) is 8.47. The van der Waals surface area contributed by atoms with Crippen molar-refractivity contribution in [3.63, 3.8) is 0 Å². The van der Waals surface area contributed by atoms with E-state index in [0.29, 0.717) is 0 Å². The van der Waals surface area contributed by atoms with Crippen LogP contribution in [0.5, 0.6) is 0 Å². The number of imidazole rings is 1. The maximum atomic E-state index is 6.25. The molecule has 0 aliphatic carbocycles. The maximum absolute atomic E-state index is 6.25. The number of aromatic nitrogens is 2. The monoisotopic (exact) mass is 408 g/mol. The minimum atomic E-state index is 0.901. The molecule has 5 aromatic carbocycles. The van der Waals surface area contributed by atoms with Crippen molar-refractivity contribution < 1.29 is 4.42 Å². The molecule has 0 aliphatic rings. The number of fused-ring (bicyclic) bond motifs is 12. The fourth-order valence-electron chi connectivity index (χ4n) is 5.26. The highest BCUT2D eigenvalue weighted by Gasteiger charge is 2.17. The van der Waals surface area contributed by atoms with Gasteiger partial charge >= 0.3 is 0 Å². The van der Waals surface area contributed by atoms with Gasteiger partial charge in [0.1, 0.15) is 16.8 Å². The Labute approximate surface area is 182 Å². The highest BCUT2D eigenvalue weighted by molar-refractivity contribution is 6.21. The zero-order valence-electron chi connectivity index (χ0n) is 17.0. The fraction of sp³-hybridized carbons (Fsp3) is 0. The van der Waals surface area contributed by atoms with Gasteiger partial charge in [0.25, 0.3) is 0 Å². The molecule has 0 aliphatic heterocycles. The lowest BCUT2D eigenvalue weighted by molar-refractivity contribution is 0.669. The minimum absolute atomic E-state index is 0.901. The van der Waals surface area contributed by atoms with E-state index in [2.05, 4.69) is 83.3 Å². The van der Waals surface area contributed by atoms with E-state index in [1.807, 2.05) is 18.2 Å². The smallest absolute Gasteiger partial charge is 0.146 e. The van der Waals surface area contributed by atoms with Crippen molar-refractivity contribution in [2.24, 2.45) is 0 Å². The van der Waals surface area contributed by atoms with E-state index in [1.54, 1.807) is 0 Å². The van der Waals surface area contributed by atoms with Gasteiger partial charge in [0, 0.05) is 27.6 Å². The number of hydrogen-bond acceptors (Lipinski definition) is 2. The summed E-state index contributed by atoms with van der Waals surface area (Å²) in [5.41, 5.74) is 6.02. The summed E-state index contributed by atoms with van der Waals surface area (Å²) in [6.07, 6.45) is 0. The first-order valence-corrected chi connectivity index (χ1v) is 10.8. The Morgan fingerprint density at radius 1 is 0.531 bits per heavy atom. The Bertz CT molecular complexity index is 2040. The van der Waals surface area contributed by atoms with Crippen LogP contribution in [0.4, 0.5) is 0 Å². The van der Waals surface area contributed by atoms with Crippen molar-refractivity contribution >= 4 is 71.1 Å². The molecular weight excluding hydrogens is 392 g/mol. The highest BCUT2D eigenvalue weighted by atomic mass is 16.3. The van der Waals surface area contributed by atoms with Crippen LogP contribution in [0.2, 0.25) is 0 Å². The predicted molar refractivity (Wildman–Crippen MR) is 132 cm³/mol. The van der Waals surface area contributed by atoms with Gasteiger partial charge in [0.2, 0.25) is 0 Å². The van der Waals surface area contributed by atoms with Crippen molar-refractivity contribution in [2.75, 3.05) is 0 Å². The summed E-state index contributed by atoms with van der Waals surface area (Å²) in [4.78, 5) is 5.06. The van der Waals surface area contributed by atoms with Gasteiger partial charge in [-0.05, 0) is 52.6 Å². The molecule has 148 valence electrons. The summed E-state index contributed by atoms with van der Waals surface area (Å²) >= 11 is 0. The van der Waals surface area contributed by atoms with Crippen LogP contribution in [0.25, 0.3) is 71.1 Å². The molecule has 0 N–H and O–H groups in total. The molecule has 0 fully saturated rings. The van der Waals surface area contributed by atoms with E-state index in [1.165, 1.54) is 26.9 Å². The minimum Gasteiger partial charge on any atom is -0.456 e. The molecule has 3 heterocycles. The molecule has 3 aromatic heterocycles. The van der Waals surface area contributed by atoms with Crippen LogP contribution in [-0.2, 0) is 0 Å². The van der Waals surface area contributed by atoms with Gasteiger partial charge < -0.3 is 4.42 Å². The summed E-state index contributed by atoms with van der Waals surface area (Å²) in [6.45, 7) is 0. The Morgan fingerprint density at radius 2 is 1.28 bits per heavy atom. The molecule has 8 aromatic rings. The molecule has 0 saturated heterocycles. The second kappa shape index (κ2) is 5.65. The molecule has 0 radical (unpaired) electrons. The van der Waals surface area contributed by atoms with Crippen molar-refractivity contribution in [3.05, 3.63) is 97.1 Å². The predicted octanol–water partition coefficient (Wildman–Crippen LogP) is 7.85. The molecular formula is C29H16N2O. The van der Waals surface area contributed by atoms with E-state index in [9.17, 15) is 0 Å². The SMILES string of the molecule is c1ccc2cc3c(cc2c1)c1cc2c(cc1n1c4ccccc4nc31)oc1ccccc12. The molecule has 0 amide bonds. The van der Waals surface area contributed by atoms with Crippen LogP contribution >= 0.6 is 0 Å². The van der Waals surface area contributed by atoms with Gasteiger partial charge in [-0.2, -0.15) is 0 Å². The summed E-state index contributed by atoms with van der Waals surface area (Å²) in [5.74, 6) is 0. The fourth-order valence-corrected chi connectivity index (χ4v) is 5.26. The van der Waals surface area contributed by atoms with E-state index in [0.717, 1.165) is 44.1 Å². The first-order valence-electron chi connectivity index (χ1n) is 10.8. The molecule has 32 heavy (non-hydrogen) atoms. The zero-order valence-corrected chi connectivity index (χ0v) is 17.0. The third kappa shape index (κ3) is 1.98. The third-order valence-electron chi connectivity index (χ3n) is 6.71. The van der Waals surface area contributed by atoms with E-state index < -0.39 is 0 Å². The first kappa shape index (κ1) is 16.3. The van der Waals surface area contributed by atoms with Crippen LogP contribution < -0.4 is 0 Å². The van der Waals surface area contributed by atoms with E-state index in [-0.39, 0.29) is 0 Å². The number of hydrogen-bond donors (Lipinski definition) is 0. The maximum Gasteiger partial charge on any atom is 0.146 e. The molecule has 0 spiro atoms. The number of benzene rings is 5. The Kier molecular flexibility index (Phi) is 2.89. The molecule has 0 unspecified atom stereocenters. The zero-order chi connectivity index (χ0) is 20.8. The summed E-state index contributed by atoms with van der Waals surface area (Å²) in [5, 5.41) is 8.34. The number of para-hydroxylation sites is 3. The van der Waals surface area contributed by atoms with Crippen LogP contribution in [-0.4, -0.2) is 9.38 Å². The van der Waals surface area contributed by atoms with Gasteiger partial charge in [-0.25, -0.2) is 4.98 Å². The summed E-state index contributed by atoms with van der Waals surface area (Å²) < 4.78 is 8.53. The van der Waals surface area contributed by atoms with E-state index >= 15 is 0 Å². The van der Waals surface area contributed by atoms with Gasteiger partial charge in [-0.15, -0.1) is 0 Å². The molecule has 0 saturated carbocycles. The van der Waals surface area contributed by atoms with Crippen molar-refractivity contribution in [3.8, 4) is 0 Å². The average Bonchev–Trinajstić information content (AvgIpc) is 3.40. The number of rotatable bonds is 0. The van der Waals surface area contributed by atoms with Crippen molar-refractivity contribution in [2.45, 2.75) is 0 Å². The van der Waals surface area contributed by atoms with Gasteiger partial charge in [0.05, 0.1) is 16.6 Å². The second-order valence-corrected chi connectivity index (χ2v) is 8.47. The molecule has 3 heteroatoms. The summed E-state index contributed by atoms with van der Waals surface area (Å²) in [6, 6.07) is 34.2. The molecule has 3 nitrogen and oxygen atoms in total. The number of nitrogens with zero attached hydrogens (tertiary/aromatic N) is 2. The van der Waals surface area contributed by atoms with Crippen LogP contribution in [0, 0.1) is 0 Å². The lowest BCUT2D eigenvalue weighted by Crippen LogP contribution is -1.92. The van der Waals surface area contributed by atoms with Crippen molar-refractivity contribution in [1.29, 1.82) is 0 Å². The Morgan fingerprint density at radius 3 is 2.19 bits per heavy atom.